The molecule has 0 aliphatic heterocycles. The lowest BCUT2D eigenvalue weighted by molar-refractivity contribution is 0.0717. The van der Waals surface area contributed by atoms with Crippen molar-refractivity contribution < 1.29 is 9.90 Å². The lowest BCUT2D eigenvalue weighted by Gasteiger charge is -2.28. The van der Waals surface area contributed by atoms with E-state index in [0.29, 0.717) is 5.56 Å². The monoisotopic (exact) mass is 291 g/mol. The van der Waals surface area contributed by atoms with Gasteiger partial charge in [-0.3, -0.25) is 9.78 Å². The topological polar surface area (TPSA) is 74.2 Å². The maximum Gasteiger partial charge on any atom is 0.255 e. The van der Waals surface area contributed by atoms with Crippen LogP contribution in [-0.4, -0.2) is 34.7 Å². The average Bonchev–Trinajstić information content (AvgIpc) is 2.47. The van der Waals surface area contributed by atoms with Crippen LogP contribution in [0, 0.1) is 6.92 Å². The standard InChI is InChI=1S/C16H25N3O2/c1-3-8-17-14-9-11(2)18-10-12(14)16(21)19-13-6-4-5-7-15(13)20/h9-10,13,15,20H,3-8H2,1-2H3,(H,17,18)(H,19,21). The van der Waals surface area contributed by atoms with Crippen LogP contribution in [0.4, 0.5) is 5.69 Å². The van der Waals surface area contributed by atoms with E-state index in [1.807, 2.05) is 13.0 Å². The number of pyridine rings is 1. The third-order valence-electron chi connectivity index (χ3n) is 3.90. The number of hydrogen-bond acceptors (Lipinski definition) is 4. The van der Waals surface area contributed by atoms with Crippen LogP contribution in [0.5, 0.6) is 0 Å². The minimum absolute atomic E-state index is 0.147. The van der Waals surface area contributed by atoms with Crippen molar-refractivity contribution in [2.24, 2.45) is 0 Å². The van der Waals surface area contributed by atoms with Gasteiger partial charge < -0.3 is 15.7 Å². The molecule has 0 saturated heterocycles. The van der Waals surface area contributed by atoms with Gasteiger partial charge in [0.05, 0.1) is 23.4 Å². The number of hydrogen-bond donors (Lipinski definition) is 3. The van der Waals surface area contributed by atoms with Gasteiger partial charge in [0.25, 0.3) is 5.91 Å². The molecular weight excluding hydrogens is 266 g/mol. The molecule has 3 N–H and O–H groups in total. The highest BCUT2D eigenvalue weighted by atomic mass is 16.3. The number of rotatable bonds is 5. The highest BCUT2D eigenvalue weighted by Gasteiger charge is 2.25. The van der Waals surface area contributed by atoms with E-state index < -0.39 is 6.10 Å². The van der Waals surface area contributed by atoms with Crippen molar-refractivity contribution in [1.29, 1.82) is 0 Å². The summed E-state index contributed by atoms with van der Waals surface area (Å²) in [6.45, 7) is 4.80. The van der Waals surface area contributed by atoms with Crippen LogP contribution in [-0.2, 0) is 0 Å². The van der Waals surface area contributed by atoms with Crippen molar-refractivity contribution in [1.82, 2.24) is 10.3 Å². The molecule has 0 radical (unpaired) electrons. The van der Waals surface area contributed by atoms with Crippen molar-refractivity contribution in [2.75, 3.05) is 11.9 Å². The van der Waals surface area contributed by atoms with Crippen LogP contribution < -0.4 is 10.6 Å². The summed E-state index contributed by atoms with van der Waals surface area (Å²) in [6, 6.07) is 1.74. The predicted molar refractivity (Wildman–Crippen MR) is 83.5 cm³/mol. The molecule has 1 aliphatic carbocycles. The van der Waals surface area contributed by atoms with Gasteiger partial charge in [-0.1, -0.05) is 19.8 Å². The molecule has 1 aromatic rings. The first-order valence-corrected chi connectivity index (χ1v) is 7.81. The normalized spacial score (nSPS) is 21.9. The lowest BCUT2D eigenvalue weighted by atomic mass is 9.92. The Labute approximate surface area is 126 Å². The van der Waals surface area contributed by atoms with Gasteiger partial charge in [-0.15, -0.1) is 0 Å². The molecule has 0 spiro atoms. The van der Waals surface area contributed by atoms with Crippen LogP contribution >= 0.6 is 0 Å². The van der Waals surface area contributed by atoms with E-state index in [2.05, 4.69) is 22.5 Å². The Bertz CT molecular complexity index is 490. The third-order valence-corrected chi connectivity index (χ3v) is 3.90. The zero-order valence-corrected chi connectivity index (χ0v) is 12.9. The molecule has 116 valence electrons. The molecule has 2 rings (SSSR count). The Hall–Kier alpha value is -1.62. The van der Waals surface area contributed by atoms with Gasteiger partial charge in [0.1, 0.15) is 0 Å². The van der Waals surface area contributed by atoms with Crippen LogP contribution in [0.25, 0.3) is 0 Å². The van der Waals surface area contributed by atoms with E-state index in [4.69, 9.17) is 0 Å². The van der Waals surface area contributed by atoms with Crippen molar-refractivity contribution in [2.45, 2.75) is 58.1 Å². The fraction of sp³-hybridized carbons (Fsp3) is 0.625. The molecule has 21 heavy (non-hydrogen) atoms. The van der Waals surface area contributed by atoms with Crippen molar-refractivity contribution in [3.63, 3.8) is 0 Å². The fourth-order valence-electron chi connectivity index (χ4n) is 2.67. The number of nitrogens with zero attached hydrogens (tertiary/aromatic N) is 1. The first kappa shape index (κ1) is 15.8. The number of carbonyl (C=O) groups excluding carboxylic acids is 1. The highest BCUT2D eigenvalue weighted by Crippen LogP contribution is 2.20. The van der Waals surface area contributed by atoms with E-state index in [1.54, 1.807) is 6.20 Å². The largest absolute Gasteiger partial charge is 0.391 e. The molecule has 1 saturated carbocycles. The fourth-order valence-corrected chi connectivity index (χ4v) is 2.67. The van der Waals surface area contributed by atoms with Gasteiger partial charge in [-0.2, -0.15) is 0 Å². The number of carbonyl (C=O) groups is 1. The second-order valence-corrected chi connectivity index (χ2v) is 5.73. The maximum atomic E-state index is 12.5. The van der Waals surface area contributed by atoms with Gasteiger partial charge in [0, 0.05) is 18.4 Å². The molecule has 0 aromatic carbocycles. The number of amides is 1. The number of nitrogens with one attached hydrogen (secondary N) is 2. The molecule has 1 heterocycles. The first-order valence-electron chi connectivity index (χ1n) is 7.81. The van der Waals surface area contributed by atoms with E-state index in [-0.39, 0.29) is 11.9 Å². The van der Waals surface area contributed by atoms with Gasteiger partial charge >= 0.3 is 0 Å². The smallest absolute Gasteiger partial charge is 0.255 e. The summed E-state index contributed by atoms with van der Waals surface area (Å²) < 4.78 is 0. The van der Waals surface area contributed by atoms with E-state index in [9.17, 15) is 9.90 Å². The molecule has 5 heteroatoms. The van der Waals surface area contributed by atoms with Crippen LogP contribution in [0.15, 0.2) is 12.3 Å². The lowest BCUT2D eigenvalue weighted by Crippen LogP contribution is -2.45. The number of aliphatic hydroxyl groups is 1. The second kappa shape index (κ2) is 7.41. The van der Waals surface area contributed by atoms with E-state index >= 15 is 0 Å². The minimum Gasteiger partial charge on any atom is -0.391 e. The number of aryl methyl sites for hydroxylation is 1. The molecule has 1 aliphatic rings. The summed E-state index contributed by atoms with van der Waals surface area (Å²) in [5.74, 6) is -0.160. The number of anilines is 1. The molecule has 1 fully saturated rings. The predicted octanol–water partition coefficient (Wildman–Crippen LogP) is 2.25. The van der Waals surface area contributed by atoms with Crippen molar-refractivity contribution >= 4 is 11.6 Å². The molecule has 2 unspecified atom stereocenters. The van der Waals surface area contributed by atoms with Crippen molar-refractivity contribution in [3.05, 3.63) is 23.5 Å². The third kappa shape index (κ3) is 4.17. The Balaban J connectivity index is 2.10. The molecule has 1 aromatic heterocycles. The SMILES string of the molecule is CCCNc1cc(C)ncc1C(=O)NC1CCCCC1O. The Morgan fingerprint density at radius 2 is 2.19 bits per heavy atom. The Morgan fingerprint density at radius 3 is 2.90 bits per heavy atom. The summed E-state index contributed by atoms with van der Waals surface area (Å²) in [5, 5.41) is 16.2. The van der Waals surface area contributed by atoms with E-state index in [0.717, 1.165) is 50.0 Å². The summed E-state index contributed by atoms with van der Waals surface area (Å²) >= 11 is 0. The van der Waals surface area contributed by atoms with Gasteiger partial charge in [0.2, 0.25) is 0 Å². The average molecular weight is 291 g/mol. The van der Waals surface area contributed by atoms with Gasteiger partial charge in [0.15, 0.2) is 0 Å². The van der Waals surface area contributed by atoms with Crippen LogP contribution in [0.1, 0.15) is 55.1 Å². The maximum absolute atomic E-state index is 12.5. The summed E-state index contributed by atoms with van der Waals surface area (Å²) in [7, 11) is 0. The quantitative estimate of drug-likeness (QED) is 0.778. The molecular formula is C16H25N3O2. The molecule has 1 amide bonds. The summed E-state index contributed by atoms with van der Waals surface area (Å²) in [4.78, 5) is 16.7. The van der Waals surface area contributed by atoms with Crippen LogP contribution in [0.2, 0.25) is 0 Å². The molecule has 0 bridgehead atoms. The zero-order chi connectivity index (χ0) is 15.2. The first-order chi connectivity index (χ1) is 10.1. The molecule has 5 nitrogen and oxygen atoms in total. The number of aromatic nitrogens is 1. The number of aliphatic hydroxyl groups excluding tert-OH is 1. The van der Waals surface area contributed by atoms with Crippen LogP contribution in [0.3, 0.4) is 0 Å². The van der Waals surface area contributed by atoms with E-state index in [1.165, 1.54) is 0 Å². The Morgan fingerprint density at radius 1 is 1.43 bits per heavy atom. The molecule has 2 atom stereocenters. The summed E-state index contributed by atoms with van der Waals surface area (Å²) in [5.41, 5.74) is 2.24. The van der Waals surface area contributed by atoms with Crippen molar-refractivity contribution in [3.8, 4) is 0 Å². The van der Waals surface area contributed by atoms with Gasteiger partial charge in [-0.05, 0) is 32.3 Å². The van der Waals surface area contributed by atoms with Gasteiger partial charge in [-0.25, -0.2) is 0 Å². The Kier molecular flexibility index (Phi) is 5.56. The second-order valence-electron chi connectivity index (χ2n) is 5.73. The zero-order valence-electron chi connectivity index (χ0n) is 12.9. The minimum atomic E-state index is -0.437. The highest BCUT2D eigenvalue weighted by molar-refractivity contribution is 5.99. The summed E-state index contributed by atoms with van der Waals surface area (Å²) in [6.07, 6.45) is 5.84.